The highest BCUT2D eigenvalue weighted by Crippen LogP contribution is 2.35. The number of hydrogen-bond donors (Lipinski definition) is 1. The summed E-state index contributed by atoms with van der Waals surface area (Å²) in [7, 11) is 0. The molecule has 0 unspecified atom stereocenters. The van der Waals surface area contributed by atoms with Gasteiger partial charge < -0.3 is 14.8 Å². The molecule has 1 aromatic rings. The number of halogens is 1. The number of rotatable bonds is 7. The van der Waals surface area contributed by atoms with Crippen molar-refractivity contribution < 1.29 is 14.3 Å². The number of ether oxygens (including phenoxy) is 2. The Bertz CT molecular complexity index is 803. The summed E-state index contributed by atoms with van der Waals surface area (Å²) < 4.78 is 12.4. The zero-order valence-corrected chi connectivity index (χ0v) is 19.0. The molecular formula is C21H25IN2O3S. The summed E-state index contributed by atoms with van der Waals surface area (Å²) in [6.45, 7) is 6.55. The van der Waals surface area contributed by atoms with Gasteiger partial charge in [0.1, 0.15) is 12.3 Å². The minimum atomic E-state index is -0.0446. The third kappa shape index (κ3) is 4.68. The van der Waals surface area contributed by atoms with E-state index in [0.29, 0.717) is 35.5 Å². The van der Waals surface area contributed by atoms with Gasteiger partial charge in [0.2, 0.25) is 0 Å². The normalized spacial score (nSPS) is 19.1. The second kappa shape index (κ2) is 9.73. The Kier molecular flexibility index (Phi) is 7.34. The van der Waals surface area contributed by atoms with E-state index >= 15 is 0 Å². The maximum atomic E-state index is 13.0. The van der Waals surface area contributed by atoms with E-state index in [1.807, 2.05) is 25.1 Å². The molecule has 0 spiro atoms. The predicted molar refractivity (Wildman–Crippen MR) is 123 cm³/mol. The van der Waals surface area contributed by atoms with Crippen LogP contribution in [0.5, 0.6) is 11.5 Å². The van der Waals surface area contributed by atoms with Gasteiger partial charge in [-0.15, -0.1) is 0 Å². The van der Waals surface area contributed by atoms with Crippen LogP contribution in [0.3, 0.4) is 0 Å². The van der Waals surface area contributed by atoms with E-state index in [0.717, 1.165) is 34.8 Å². The number of amides is 1. The first-order valence-electron chi connectivity index (χ1n) is 9.61. The van der Waals surface area contributed by atoms with Crippen molar-refractivity contribution in [1.82, 2.24) is 10.2 Å². The van der Waals surface area contributed by atoms with E-state index in [2.05, 4.69) is 34.5 Å². The number of nitrogens with one attached hydrogen (secondary N) is 1. The SMILES string of the molecule is C=CCOc1c(I)cc(/C=C2\NC(=S)N(C3CCCCC3)C2=O)cc1OCC. The molecule has 2 fully saturated rings. The zero-order chi connectivity index (χ0) is 20.1. The van der Waals surface area contributed by atoms with Crippen LogP contribution in [0.15, 0.2) is 30.5 Å². The lowest BCUT2D eigenvalue weighted by molar-refractivity contribution is -0.124. The van der Waals surface area contributed by atoms with Crippen molar-refractivity contribution in [3.05, 3.63) is 39.6 Å². The number of nitrogens with zero attached hydrogens (tertiary/aromatic N) is 1. The molecule has 1 amide bonds. The highest BCUT2D eigenvalue weighted by Gasteiger charge is 2.36. The molecule has 2 aliphatic rings. The van der Waals surface area contributed by atoms with E-state index in [9.17, 15) is 4.79 Å². The van der Waals surface area contributed by atoms with Gasteiger partial charge in [-0.25, -0.2) is 0 Å². The number of hydrogen-bond acceptors (Lipinski definition) is 4. The van der Waals surface area contributed by atoms with Crippen molar-refractivity contribution in [2.24, 2.45) is 0 Å². The Morgan fingerprint density at radius 3 is 2.75 bits per heavy atom. The molecule has 0 aromatic heterocycles. The Labute approximate surface area is 185 Å². The first-order valence-corrected chi connectivity index (χ1v) is 11.1. The summed E-state index contributed by atoms with van der Waals surface area (Å²) in [5.74, 6) is 1.30. The smallest absolute Gasteiger partial charge is 0.276 e. The molecule has 28 heavy (non-hydrogen) atoms. The summed E-state index contributed by atoms with van der Waals surface area (Å²) in [6.07, 6.45) is 9.10. The first kappa shape index (κ1) is 21.1. The van der Waals surface area contributed by atoms with Gasteiger partial charge in [0, 0.05) is 6.04 Å². The van der Waals surface area contributed by atoms with Crippen LogP contribution in [0.2, 0.25) is 0 Å². The summed E-state index contributed by atoms with van der Waals surface area (Å²) in [4.78, 5) is 14.7. The molecule has 1 saturated heterocycles. The average molecular weight is 512 g/mol. The van der Waals surface area contributed by atoms with Crippen molar-refractivity contribution in [2.75, 3.05) is 13.2 Å². The van der Waals surface area contributed by atoms with Crippen molar-refractivity contribution in [3.63, 3.8) is 0 Å². The summed E-state index contributed by atoms with van der Waals surface area (Å²) in [6, 6.07) is 4.06. The van der Waals surface area contributed by atoms with Crippen LogP contribution in [0.4, 0.5) is 0 Å². The van der Waals surface area contributed by atoms with Crippen LogP contribution in [0.1, 0.15) is 44.6 Å². The number of benzene rings is 1. The lowest BCUT2D eigenvalue weighted by atomic mass is 9.94. The van der Waals surface area contributed by atoms with E-state index in [1.54, 1.807) is 11.0 Å². The Hall–Kier alpha value is -1.61. The fourth-order valence-electron chi connectivity index (χ4n) is 3.60. The van der Waals surface area contributed by atoms with Crippen LogP contribution in [0, 0.1) is 3.57 Å². The van der Waals surface area contributed by atoms with Gasteiger partial charge in [0.25, 0.3) is 5.91 Å². The topological polar surface area (TPSA) is 50.8 Å². The van der Waals surface area contributed by atoms with Gasteiger partial charge in [0.05, 0.1) is 10.2 Å². The molecule has 1 heterocycles. The molecule has 5 nitrogen and oxygen atoms in total. The molecule has 0 atom stereocenters. The molecule has 1 saturated carbocycles. The number of thiocarbonyl (C=S) groups is 1. The van der Waals surface area contributed by atoms with Gasteiger partial charge in [-0.2, -0.15) is 0 Å². The van der Waals surface area contributed by atoms with Gasteiger partial charge >= 0.3 is 0 Å². The quantitative estimate of drug-likeness (QED) is 0.250. The van der Waals surface area contributed by atoms with E-state index < -0.39 is 0 Å². The minimum absolute atomic E-state index is 0.0446. The van der Waals surface area contributed by atoms with Crippen LogP contribution in [0.25, 0.3) is 6.08 Å². The third-order valence-electron chi connectivity index (χ3n) is 4.84. The van der Waals surface area contributed by atoms with Crippen molar-refractivity contribution in [3.8, 4) is 11.5 Å². The zero-order valence-electron chi connectivity index (χ0n) is 16.0. The van der Waals surface area contributed by atoms with Crippen LogP contribution in [-0.2, 0) is 4.79 Å². The second-order valence-corrected chi connectivity index (χ2v) is 8.37. The monoisotopic (exact) mass is 512 g/mol. The molecule has 0 bridgehead atoms. The van der Waals surface area contributed by atoms with Crippen molar-refractivity contribution in [2.45, 2.75) is 45.1 Å². The molecule has 1 aromatic carbocycles. The molecule has 1 N–H and O–H groups in total. The summed E-state index contributed by atoms with van der Waals surface area (Å²) in [5, 5.41) is 3.61. The lowest BCUT2D eigenvalue weighted by Gasteiger charge is -2.29. The maximum absolute atomic E-state index is 13.0. The highest BCUT2D eigenvalue weighted by atomic mass is 127. The van der Waals surface area contributed by atoms with Crippen LogP contribution < -0.4 is 14.8 Å². The Morgan fingerprint density at radius 2 is 2.07 bits per heavy atom. The van der Waals surface area contributed by atoms with Crippen LogP contribution in [-0.4, -0.2) is 35.2 Å². The number of carbonyl (C=O) groups excluding carboxylic acids is 1. The van der Waals surface area contributed by atoms with E-state index in [1.165, 1.54) is 6.42 Å². The number of carbonyl (C=O) groups is 1. The molecule has 1 aliphatic heterocycles. The van der Waals surface area contributed by atoms with Gasteiger partial charge in [0.15, 0.2) is 16.6 Å². The molecule has 3 rings (SSSR count). The first-order chi connectivity index (χ1) is 13.5. The fourth-order valence-corrected chi connectivity index (χ4v) is 4.73. The van der Waals surface area contributed by atoms with Crippen LogP contribution >= 0.6 is 34.8 Å². The standard InChI is InChI=1S/C21H25IN2O3S/c1-3-10-27-19-16(22)11-14(13-18(19)26-4-2)12-17-20(25)24(21(28)23-17)15-8-6-5-7-9-15/h3,11-13,15H,1,4-10H2,2H3,(H,23,28)/b17-12-. The third-order valence-corrected chi connectivity index (χ3v) is 5.94. The molecule has 150 valence electrons. The van der Waals surface area contributed by atoms with E-state index in [-0.39, 0.29) is 11.9 Å². The molecule has 1 aliphatic carbocycles. The molecule has 7 heteroatoms. The maximum Gasteiger partial charge on any atom is 0.276 e. The van der Waals surface area contributed by atoms with Gasteiger partial charge in [-0.05, 0) is 78.3 Å². The summed E-state index contributed by atoms with van der Waals surface area (Å²) >= 11 is 7.67. The Balaban J connectivity index is 1.87. The van der Waals surface area contributed by atoms with Crippen molar-refractivity contribution in [1.29, 1.82) is 0 Å². The second-order valence-electron chi connectivity index (χ2n) is 6.82. The highest BCUT2D eigenvalue weighted by molar-refractivity contribution is 14.1. The average Bonchev–Trinajstić information content (AvgIpc) is 2.95. The Morgan fingerprint density at radius 1 is 1.32 bits per heavy atom. The predicted octanol–water partition coefficient (Wildman–Crippen LogP) is 4.65. The largest absolute Gasteiger partial charge is 0.490 e. The lowest BCUT2D eigenvalue weighted by Crippen LogP contribution is -2.41. The fraction of sp³-hybridized carbons (Fsp3) is 0.429. The summed E-state index contributed by atoms with van der Waals surface area (Å²) in [5.41, 5.74) is 1.37. The minimum Gasteiger partial charge on any atom is -0.490 e. The van der Waals surface area contributed by atoms with E-state index in [4.69, 9.17) is 21.7 Å². The molecule has 0 radical (unpaired) electrons. The molecular weight excluding hydrogens is 487 g/mol. The van der Waals surface area contributed by atoms with Crippen molar-refractivity contribution >= 4 is 51.9 Å². The van der Waals surface area contributed by atoms with Gasteiger partial charge in [-0.3, -0.25) is 9.69 Å². The van der Waals surface area contributed by atoms with Gasteiger partial charge in [-0.1, -0.05) is 31.9 Å².